The van der Waals surface area contributed by atoms with Crippen LogP contribution < -0.4 is 0 Å². The van der Waals surface area contributed by atoms with Crippen molar-refractivity contribution in [1.82, 2.24) is 0 Å². The molecule has 0 aromatic heterocycles. The van der Waals surface area contributed by atoms with Crippen molar-refractivity contribution in [3.8, 4) is 16.9 Å². The van der Waals surface area contributed by atoms with Crippen molar-refractivity contribution < 1.29 is 14.6 Å². The number of methoxy groups -OCH3 is 1. The van der Waals surface area contributed by atoms with E-state index in [-0.39, 0.29) is 11.7 Å². The third-order valence-corrected chi connectivity index (χ3v) is 2.98. The van der Waals surface area contributed by atoms with Gasteiger partial charge >= 0.3 is 5.97 Å². The van der Waals surface area contributed by atoms with Gasteiger partial charge in [-0.15, -0.1) is 0 Å². The lowest BCUT2D eigenvalue weighted by Crippen LogP contribution is -2.00. The smallest absolute Gasteiger partial charge is 0.337 e. The molecule has 2 aromatic carbocycles. The number of carbonyl (C=O) groups is 1. The maximum absolute atomic E-state index is 11.3. The van der Waals surface area contributed by atoms with E-state index in [1.54, 1.807) is 24.3 Å². The Morgan fingerprint density at radius 1 is 1.11 bits per heavy atom. The van der Waals surface area contributed by atoms with Gasteiger partial charge in [0.05, 0.1) is 12.7 Å². The van der Waals surface area contributed by atoms with Crippen LogP contribution in [0, 0.1) is 0 Å². The molecule has 0 unspecified atom stereocenters. The molecule has 0 aliphatic heterocycles. The van der Waals surface area contributed by atoms with Crippen molar-refractivity contribution >= 4 is 21.9 Å². The fraction of sp³-hybridized carbons (Fsp3) is 0.0714. The second-order valence-electron chi connectivity index (χ2n) is 3.77. The Hall–Kier alpha value is -1.81. The number of esters is 1. The molecule has 4 heteroatoms. The first-order valence-corrected chi connectivity index (χ1v) is 6.08. The SMILES string of the molecule is COC(=O)c1ccc(-c2cc(O)cc(Br)c2)cc1. The summed E-state index contributed by atoms with van der Waals surface area (Å²) in [6, 6.07) is 12.2. The van der Waals surface area contributed by atoms with Crippen LogP contribution in [0.5, 0.6) is 5.75 Å². The van der Waals surface area contributed by atoms with Gasteiger partial charge in [-0.25, -0.2) is 4.79 Å². The molecule has 92 valence electrons. The second-order valence-corrected chi connectivity index (χ2v) is 4.68. The Bertz CT molecular complexity index is 556. The summed E-state index contributed by atoms with van der Waals surface area (Å²) < 4.78 is 5.43. The van der Waals surface area contributed by atoms with Gasteiger partial charge in [-0.1, -0.05) is 28.1 Å². The summed E-state index contributed by atoms with van der Waals surface area (Å²) in [5, 5.41) is 9.53. The molecule has 0 heterocycles. The summed E-state index contributed by atoms with van der Waals surface area (Å²) in [4.78, 5) is 11.3. The van der Waals surface area contributed by atoms with Crippen LogP contribution in [0.1, 0.15) is 10.4 Å². The van der Waals surface area contributed by atoms with Crippen molar-refractivity contribution in [3.05, 3.63) is 52.5 Å². The van der Waals surface area contributed by atoms with E-state index in [0.717, 1.165) is 15.6 Å². The maximum Gasteiger partial charge on any atom is 0.337 e. The number of ether oxygens (including phenoxy) is 1. The van der Waals surface area contributed by atoms with Gasteiger partial charge in [-0.05, 0) is 41.5 Å². The minimum Gasteiger partial charge on any atom is -0.508 e. The lowest BCUT2D eigenvalue weighted by Gasteiger charge is -2.05. The molecule has 0 saturated carbocycles. The number of hydrogen-bond donors (Lipinski definition) is 1. The summed E-state index contributed by atoms with van der Waals surface area (Å²) in [5.74, 6) is -0.171. The van der Waals surface area contributed by atoms with Gasteiger partial charge in [-0.3, -0.25) is 0 Å². The lowest BCUT2D eigenvalue weighted by molar-refractivity contribution is 0.0601. The predicted molar refractivity (Wildman–Crippen MR) is 72.6 cm³/mol. The van der Waals surface area contributed by atoms with Crippen molar-refractivity contribution in [2.24, 2.45) is 0 Å². The van der Waals surface area contributed by atoms with Gasteiger partial charge in [0.1, 0.15) is 5.75 Å². The van der Waals surface area contributed by atoms with Crippen molar-refractivity contribution in [2.45, 2.75) is 0 Å². The molecule has 0 fully saturated rings. The average molecular weight is 307 g/mol. The van der Waals surface area contributed by atoms with Crippen LogP contribution in [0.15, 0.2) is 46.9 Å². The van der Waals surface area contributed by atoms with Gasteiger partial charge in [0.25, 0.3) is 0 Å². The van der Waals surface area contributed by atoms with E-state index in [0.29, 0.717) is 5.56 Å². The molecule has 0 bridgehead atoms. The highest BCUT2D eigenvalue weighted by Crippen LogP contribution is 2.28. The van der Waals surface area contributed by atoms with Crippen molar-refractivity contribution in [3.63, 3.8) is 0 Å². The van der Waals surface area contributed by atoms with Crippen molar-refractivity contribution in [2.75, 3.05) is 7.11 Å². The molecule has 0 radical (unpaired) electrons. The zero-order valence-electron chi connectivity index (χ0n) is 9.68. The topological polar surface area (TPSA) is 46.5 Å². The summed E-state index contributed by atoms with van der Waals surface area (Å²) >= 11 is 3.33. The van der Waals surface area contributed by atoms with E-state index in [1.165, 1.54) is 7.11 Å². The highest BCUT2D eigenvalue weighted by atomic mass is 79.9. The van der Waals surface area contributed by atoms with Crippen LogP contribution >= 0.6 is 15.9 Å². The van der Waals surface area contributed by atoms with Gasteiger partial charge < -0.3 is 9.84 Å². The molecule has 3 nitrogen and oxygen atoms in total. The van der Waals surface area contributed by atoms with Crippen molar-refractivity contribution in [1.29, 1.82) is 0 Å². The zero-order chi connectivity index (χ0) is 13.1. The van der Waals surface area contributed by atoms with Gasteiger partial charge in [0.2, 0.25) is 0 Å². The van der Waals surface area contributed by atoms with Crippen LogP contribution in [-0.2, 0) is 4.74 Å². The molecule has 2 aromatic rings. The van der Waals surface area contributed by atoms with E-state index >= 15 is 0 Å². The van der Waals surface area contributed by atoms with E-state index in [4.69, 9.17) is 0 Å². The van der Waals surface area contributed by atoms with Gasteiger partial charge in [0.15, 0.2) is 0 Å². The van der Waals surface area contributed by atoms with Gasteiger partial charge in [0, 0.05) is 4.47 Å². The van der Waals surface area contributed by atoms with Crippen LogP contribution in [0.25, 0.3) is 11.1 Å². The molecule has 18 heavy (non-hydrogen) atoms. The second kappa shape index (κ2) is 5.23. The fourth-order valence-electron chi connectivity index (χ4n) is 1.66. The molecule has 0 aliphatic carbocycles. The Balaban J connectivity index is 2.37. The Kier molecular flexibility index (Phi) is 3.67. The number of hydrogen-bond acceptors (Lipinski definition) is 3. The zero-order valence-corrected chi connectivity index (χ0v) is 11.3. The number of carbonyl (C=O) groups excluding carboxylic acids is 1. The third kappa shape index (κ3) is 2.71. The van der Waals surface area contributed by atoms with E-state index in [9.17, 15) is 9.90 Å². The van der Waals surface area contributed by atoms with E-state index < -0.39 is 0 Å². The van der Waals surface area contributed by atoms with Crippen LogP contribution in [0.4, 0.5) is 0 Å². The number of benzene rings is 2. The summed E-state index contributed by atoms with van der Waals surface area (Å²) in [6.07, 6.45) is 0. The summed E-state index contributed by atoms with van der Waals surface area (Å²) in [7, 11) is 1.35. The Labute approximate surface area is 113 Å². The number of phenolic OH excluding ortho intramolecular Hbond substituents is 1. The van der Waals surface area contributed by atoms with Gasteiger partial charge in [-0.2, -0.15) is 0 Å². The predicted octanol–water partition coefficient (Wildman–Crippen LogP) is 3.61. The van der Waals surface area contributed by atoms with Crippen LogP contribution in [-0.4, -0.2) is 18.2 Å². The highest BCUT2D eigenvalue weighted by molar-refractivity contribution is 9.10. The first-order valence-electron chi connectivity index (χ1n) is 5.28. The molecule has 0 atom stereocenters. The number of halogens is 1. The maximum atomic E-state index is 11.3. The molecule has 0 spiro atoms. The lowest BCUT2D eigenvalue weighted by atomic mass is 10.0. The number of aromatic hydroxyl groups is 1. The Morgan fingerprint density at radius 2 is 1.78 bits per heavy atom. The molecule has 0 aliphatic rings. The van der Waals surface area contributed by atoms with Crippen LogP contribution in [0.2, 0.25) is 0 Å². The molecular formula is C14H11BrO3. The fourth-order valence-corrected chi connectivity index (χ4v) is 2.14. The summed E-state index contributed by atoms with van der Waals surface area (Å²) in [6.45, 7) is 0. The summed E-state index contributed by atoms with van der Waals surface area (Å²) in [5.41, 5.74) is 2.29. The molecule has 0 amide bonds. The minimum absolute atomic E-state index is 0.191. The molecule has 1 N–H and O–H groups in total. The van der Waals surface area contributed by atoms with Crippen LogP contribution in [0.3, 0.4) is 0 Å². The minimum atomic E-state index is -0.362. The third-order valence-electron chi connectivity index (χ3n) is 2.52. The first kappa shape index (κ1) is 12.6. The molecule has 0 saturated heterocycles. The molecule has 2 rings (SSSR count). The van der Waals surface area contributed by atoms with E-state index in [1.807, 2.05) is 18.2 Å². The van der Waals surface area contributed by atoms with E-state index in [2.05, 4.69) is 20.7 Å². The monoisotopic (exact) mass is 306 g/mol. The Morgan fingerprint density at radius 3 is 2.33 bits per heavy atom. The number of rotatable bonds is 2. The quantitative estimate of drug-likeness (QED) is 0.862. The number of phenols is 1. The highest BCUT2D eigenvalue weighted by Gasteiger charge is 2.06. The average Bonchev–Trinajstić information content (AvgIpc) is 2.37. The normalized spacial score (nSPS) is 10.1. The standard InChI is InChI=1S/C14H11BrO3/c1-18-14(17)10-4-2-9(3-5-10)11-6-12(15)8-13(16)7-11/h2-8,16H,1H3. The first-order chi connectivity index (χ1) is 8.60. The largest absolute Gasteiger partial charge is 0.508 e. The molecular weight excluding hydrogens is 296 g/mol.